The lowest BCUT2D eigenvalue weighted by molar-refractivity contribution is -0.137. The molecule has 202 valence electrons. The number of unbranched alkanes of at least 4 members (excludes halogenated alkanes) is 2. The molecule has 0 aliphatic rings. The lowest BCUT2D eigenvalue weighted by atomic mass is 10.1. The van der Waals surface area contributed by atoms with Crippen LogP contribution in [0.15, 0.2) is 60.8 Å². The summed E-state index contributed by atoms with van der Waals surface area (Å²) in [5.74, 6) is -0.914. The molecular weight excluding hydrogens is 502 g/mol. The third-order valence-electron chi connectivity index (χ3n) is 6.32. The summed E-state index contributed by atoms with van der Waals surface area (Å²) in [7, 11) is 1.93. The van der Waals surface area contributed by atoms with Gasteiger partial charge in [0, 0.05) is 31.4 Å². The highest BCUT2D eigenvalue weighted by molar-refractivity contribution is 6.30. The van der Waals surface area contributed by atoms with E-state index in [-0.39, 0.29) is 12.5 Å². The topological polar surface area (TPSA) is 113 Å². The molecule has 0 spiro atoms. The van der Waals surface area contributed by atoms with Crippen molar-refractivity contribution in [2.45, 2.75) is 38.5 Å². The summed E-state index contributed by atoms with van der Waals surface area (Å²) >= 11 is 5.97. The number of benzene rings is 2. The van der Waals surface area contributed by atoms with Crippen molar-refractivity contribution in [2.24, 2.45) is 5.73 Å². The van der Waals surface area contributed by atoms with Crippen LogP contribution in [0.25, 0.3) is 0 Å². The van der Waals surface area contributed by atoms with Crippen molar-refractivity contribution >= 4 is 29.4 Å². The van der Waals surface area contributed by atoms with Gasteiger partial charge in [-0.05, 0) is 61.9 Å². The van der Waals surface area contributed by atoms with E-state index in [1.165, 1.54) is 10.5 Å². The lowest BCUT2D eigenvalue weighted by Crippen LogP contribution is -2.38. The minimum Gasteiger partial charge on any atom is -0.480 e. The molecule has 2 aromatic carbocycles. The van der Waals surface area contributed by atoms with E-state index in [0.29, 0.717) is 41.6 Å². The predicted octanol–water partition coefficient (Wildman–Crippen LogP) is 4.25. The van der Waals surface area contributed by atoms with E-state index in [1.807, 2.05) is 42.3 Å². The molecule has 3 N–H and O–H groups in total. The Morgan fingerprint density at radius 3 is 2.29 bits per heavy atom. The number of carboxylic acids is 1. The molecule has 0 radical (unpaired) electrons. The number of amides is 1. The minimum absolute atomic E-state index is 0.248. The Morgan fingerprint density at radius 1 is 0.921 bits per heavy atom. The van der Waals surface area contributed by atoms with E-state index in [2.05, 4.69) is 17.1 Å². The van der Waals surface area contributed by atoms with Crippen molar-refractivity contribution < 1.29 is 14.7 Å². The number of nitrogens with zero attached hydrogens (tertiary/aromatic N) is 4. The second-order valence-electron chi connectivity index (χ2n) is 9.28. The molecule has 0 bridgehead atoms. The Hall–Kier alpha value is -3.49. The zero-order chi connectivity index (χ0) is 27.3. The first-order chi connectivity index (χ1) is 18.4. The zero-order valence-corrected chi connectivity index (χ0v) is 22.6. The molecule has 1 aromatic heterocycles. The van der Waals surface area contributed by atoms with Crippen LogP contribution in [0.2, 0.25) is 5.02 Å². The summed E-state index contributed by atoms with van der Waals surface area (Å²) in [5.41, 5.74) is 8.81. The van der Waals surface area contributed by atoms with Crippen LogP contribution in [0.5, 0.6) is 0 Å². The molecule has 8 nitrogen and oxygen atoms in total. The van der Waals surface area contributed by atoms with E-state index in [9.17, 15) is 14.7 Å². The van der Waals surface area contributed by atoms with Gasteiger partial charge in [0.1, 0.15) is 6.54 Å². The van der Waals surface area contributed by atoms with E-state index in [1.54, 1.807) is 18.3 Å². The second-order valence-corrected chi connectivity index (χ2v) is 9.72. The Bertz CT molecular complexity index is 1170. The van der Waals surface area contributed by atoms with Crippen molar-refractivity contribution in [1.29, 1.82) is 0 Å². The third-order valence-corrected chi connectivity index (χ3v) is 6.57. The highest BCUT2D eigenvalue weighted by Crippen LogP contribution is 2.18. The molecule has 0 unspecified atom stereocenters. The fourth-order valence-electron chi connectivity index (χ4n) is 4.12. The first kappa shape index (κ1) is 29.1. The number of aryl methyl sites for hydroxylation is 1. The first-order valence-electron chi connectivity index (χ1n) is 12.9. The summed E-state index contributed by atoms with van der Waals surface area (Å²) in [6.45, 7) is 1.17. The van der Waals surface area contributed by atoms with Crippen LogP contribution in [0.4, 0.5) is 5.95 Å². The number of carbonyl (C=O) groups excluding carboxylic acids is 1. The molecule has 0 fully saturated rings. The molecule has 0 atom stereocenters. The molecule has 0 saturated heterocycles. The number of nitrogens with two attached hydrogens (primary N) is 1. The van der Waals surface area contributed by atoms with Gasteiger partial charge < -0.3 is 20.6 Å². The van der Waals surface area contributed by atoms with E-state index < -0.39 is 12.5 Å². The average Bonchev–Trinajstić information content (AvgIpc) is 2.93. The maximum Gasteiger partial charge on any atom is 0.323 e. The quantitative estimate of drug-likeness (QED) is 0.279. The number of carbonyl (C=O) groups is 2. The molecule has 0 saturated carbocycles. The number of aromatic nitrogens is 2. The fraction of sp³-hybridized carbons (Fsp3) is 0.379. The fourth-order valence-corrected chi connectivity index (χ4v) is 4.24. The van der Waals surface area contributed by atoms with E-state index >= 15 is 0 Å². The standard InChI is InChI=1S/C29H36ClN5O3/c1-34(18-15-22-8-4-2-5-9-22)29-32-20-25(26(33-29)10-6-3-7-17-31)28(38)35(21-27(36)37)19-16-23-11-13-24(30)14-12-23/h2,4-5,8-9,11-14,20H,3,6-7,10,15-19,21,31H2,1H3,(H,36,37). The van der Waals surface area contributed by atoms with Crippen LogP contribution in [0.3, 0.4) is 0 Å². The number of halogens is 1. The van der Waals surface area contributed by atoms with Crippen LogP contribution < -0.4 is 10.6 Å². The molecule has 0 aliphatic carbocycles. The van der Waals surface area contributed by atoms with Crippen molar-refractivity contribution in [3.8, 4) is 0 Å². The summed E-state index contributed by atoms with van der Waals surface area (Å²) in [5, 5.41) is 10.1. The number of hydrogen-bond acceptors (Lipinski definition) is 6. The molecule has 38 heavy (non-hydrogen) atoms. The second kappa shape index (κ2) is 15.1. The van der Waals surface area contributed by atoms with Gasteiger partial charge >= 0.3 is 5.97 Å². The summed E-state index contributed by atoms with van der Waals surface area (Å²) < 4.78 is 0. The highest BCUT2D eigenvalue weighted by Gasteiger charge is 2.23. The van der Waals surface area contributed by atoms with Gasteiger partial charge in [0.2, 0.25) is 5.95 Å². The van der Waals surface area contributed by atoms with E-state index in [0.717, 1.165) is 37.8 Å². The molecule has 3 rings (SSSR count). The maximum atomic E-state index is 13.6. The van der Waals surface area contributed by atoms with Gasteiger partial charge in [-0.2, -0.15) is 0 Å². The highest BCUT2D eigenvalue weighted by atomic mass is 35.5. The van der Waals surface area contributed by atoms with Gasteiger partial charge in [-0.1, -0.05) is 60.5 Å². The van der Waals surface area contributed by atoms with Crippen LogP contribution in [-0.2, 0) is 24.1 Å². The molecular formula is C29H36ClN5O3. The Kier molecular flexibility index (Phi) is 11.5. The molecule has 3 aromatic rings. The van der Waals surface area contributed by atoms with Crippen molar-refractivity contribution in [1.82, 2.24) is 14.9 Å². The third kappa shape index (κ3) is 9.11. The Labute approximate surface area is 229 Å². The van der Waals surface area contributed by atoms with Gasteiger partial charge in [-0.15, -0.1) is 0 Å². The van der Waals surface area contributed by atoms with Crippen LogP contribution >= 0.6 is 11.6 Å². The van der Waals surface area contributed by atoms with Crippen LogP contribution in [0, 0.1) is 0 Å². The predicted molar refractivity (Wildman–Crippen MR) is 151 cm³/mol. The SMILES string of the molecule is CN(CCc1ccccc1)c1ncc(C(=O)N(CCc2ccc(Cl)cc2)CC(=O)O)c(CCCCCN)n1. The van der Waals surface area contributed by atoms with E-state index in [4.69, 9.17) is 22.3 Å². The molecule has 9 heteroatoms. The van der Waals surface area contributed by atoms with Crippen LogP contribution in [0.1, 0.15) is 46.4 Å². The first-order valence-corrected chi connectivity index (χ1v) is 13.3. The minimum atomic E-state index is -1.07. The smallest absolute Gasteiger partial charge is 0.323 e. The molecule has 1 heterocycles. The number of carboxylic acid groups (broad SMARTS) is 1. The summed E-state index contributed by atoms with van der Waals surface area (Å²) in [4.78, 5) is 37.8. The number of hydrogen-bond donors (Lipinski definition) is 2. The number of anilines is 1. The van der Waals surface area contributed by atoms with Gasteiger partial charge in [0.05, 0.1) is 11.3 Å². The summed E-state index contributed by atoms with van der Waals surface area (Å²) in [6, 6.07) is 17.5. The van der Waals surface area contributed by atoms with Crippen molar-refractivity contribution in [3.05, 3.63) is 88.2 Å². The van der Waals surface area contributed by atoms with Gasteiger partial charge in [-0.3, -0.25) is 9.59 Å². The molecule has 1 amide bonds. The number of rotatable bonds is 15. The zero-order valence-electron chi connectivity index (χ0n) is 21.9. The van der Waals surface area contributed by atoms with Crippen molar-refractivity contribution in [3.63, 3.8) is 0 Å². The Morgan fingerprint density at radius 2 is 1.61 bits per heavy atom. The van der Waals surface area contributed by atoms with Gasteiger partial charge in [0.15, 0.2) is 0 Å². The average molecular weight is 538 g/mol. The number of likely N-dealkylation sites (N-methyl/N-ethyl adjacent to an activating group) is 1. The normalized spacial score (nSPS) is 10.8. The van der Waals surface area contributed by atoms with Crippen LogP contribution in [-0.4, -0.2) is 65.1 Å². The monoisotopic (exact) mass is 537 g/mol. The number of aliphatic carboxylic acids is 1. The van der Waals surface area contributed by atoms with Gasteiger partial charge in [-0.25, -0.2) is 9.97 Å². The maximum absolute atomic E-state index is 13.6. The van der Waals surface area contributed by atoms with Gasteiger partial charge in [0.25, 0.3) is 5.91 Å². The molecule has 0 aliphatic heterocycles. The van der Waals surface area contributed by atoms with Crippen molar-refractivity contribution in [2.75, 3.05) is 38.1 Å². The lowest BCUT2D eigenvalue weighted by Gasteiger charge is -2.23. The Balaban J connectivity index is 1.79. The largest absolute Gasteiger partial charge is 0.480 e. The summed E-state index contributed by atoms with van der Waals surface area (Å²) in [6.07, 6.45) is 6.10.